The monoisotopic (exact) mass is 767 g/mol. The van der Waals surface area contributed by atoms with E-state index in [-0.39, 0.29) is 11.3 Å². The predicted octanol–water partition coefficient (Wildman–Crippen LogP) is 15.8. The Labute approximate surface area is 350 Å². The Balaban J connectivity index is 1.06. The molecule has 0 bridgehead atoms. The third-order valence-electron chi connectivity index (χ3n) is 13.3. The van der Waals surface area contributed by atoms with Gasteiger partial charge in [0.1, 0.15) is 11.3 Å². The first-order chi connectivity index (χ1) is 29.6. The molecule has 2 aliphatic carbocycles. The fraction of sp³-hybridized carbons (Fsp3) is 0.0690. The number of hydrogen-bond acceptors (Lipinski definition) is 2. The maximum absolute atomic E-state index is 6.65. The molecule has 2 heteroatoms. The highest BCUT2D eigenvalue weighted by Gasteiger charge is 2.41. The highest BCUT2D eigenvalue weighted by Crippen LogP contribution is 2.55. The van der Waals surface area contributed by atoms with Crippen LogP contribution in [-0.4, -0.2) is 0 Å². The molecule has 0 radical (unpaired) electrons. The van der Waals surface area contributed by atoms with Crippen LogP contribution in [0.3, 0.4) is 0 Å². The lowest BCUT2D eigenvalue weighted by Crippen LogP contribution is -2.23. The maximum atomic E-state index is 6.65. The Morgan fingerprint density at radius 2 is 1.18 bits per heavy atom. The number of benzene rings is 9. The van der Waals surface area contributed by atoms with Crippen molar-refractivity contribution in [3.63, 3.8) is 0 Å². The number of furan rings is 1. The summed E-state index contributed by atoms with van der Waals surface area (Å²) < 4.78 is 6.65. The van der Waals surface area contributed by atoms with E-state index in [1.165, 1.54) is 77.0 Å². The average molecular weight is 768 g/mol. The molecule has 0 aliphatic heterocycles. The van der Waals surface area contributed by atoms with Gasteiger partial charge >= 0.3 is 0 Å². The molecule has 0 spiro atoms. The summed E-state index contributed by atoms with van der Waals surface area (Å²) in [7, 11) is 0. The van der Waals surface area contributed by atoms with E-state index in [1.807, 2.05) is 0 Å². The van der Waals surface area contributed by atoms with Gasteiger partial charge in [0.05, 0.1) is 0 Å². The largest absolute Gasteiger partial charge is 0.456 e. The van der Waals surface area contributed by atoms with Crippen molar-refractivity contribution in [2.75, 3.05) is 4.90 Å². The third kappa shape index (κ3) is 5.27. The lowest BCUT2D eigenvalue weighted by atomic mass is 9.74. The molecular formula is C58H41NO. The van der Waals surface area contributed by atoms with E-state index in [0.29, 0.717) is 0 Å². The van der Waals surface area contributed by atoms with Crippen molar-refractivity contribution in [3.8, 4) is 22.3 Å². The van der Waals surface area contributed by atoms with Crippen LogP contribution in [0.4, 0.5) is 17.1 Å². The van der Waals surface area contributed by atoms with Crippen LogP contribution in [0.25, 0.3) is 60.8 Å². The van der Waals surface area contributed by atoms with Crippen LogP contribution in [0.5, 0.6) is 0 Å². The van der Waals surface area contributed by atoms with Crippen molar-refractivity contribution in [2.24, 2.45) is 0 Å². The number of fused-ring (bicyclic) bond motifs is 8. The maximum Gasteiger partial charge on any atom is 0.135 e. The minimum absolute atomic E-state index is 0.0920. The van der Waals surface area contributed by atoms with Gasteiger partial charge in [0.2, 0.25) is 0 Å². The SMILES string of the molecule is CC1(c2ccccc2)c2ccccc2-c2ccc(N(c3ccc(-c4cccc5ccccc45)cc3)c3ccccc3C3CC=Cc4oc5cc6ccccc6cc5c43)cc21. The summed E-state index contributed by atoms with van der Waals surface area (Å²) in [6, 6.07) is 73.7. The van der Waals surface area contributed by atoms with Gasteiger partial charge in [-0.3, -0.25) is 0 Å². The van der Waals surface area contributed by atoms with Gasteiger partial charge in [-0.2, -0.15) is 0 Å². The lowest BCUT2D eigenvalue weighted by Gasteiger charge is -2.33. The molecule has 1 aromatic heterocycles. The van der Waals surface area contributed by atoms with E-state index in [9.17, 15) is 0 Å². The number of nitrogens with zero attached hydrogens (tertiary/aromatic N) is 1. The van der Waals surface area contributed by atoms with Crippen LogP contribution in [0.2, 0.25) is 0 Å². The average Bonchev–Trinajstić information content (AvgIpc) is 3.81. The van der Waals surface area contributed by atoms with Crippen molar-refractivity contribution in [1.29, 1.82) is 0 Å². The summed E-state index contributed by atoms with van der Waals surface area (Å²) in [5.74, 6) is 1.04. The lowest BCUT2D eigenvalue weighted by molar-refractivity contribution is 0.590. The Morgan fingerprint density at radius 3 is 2.05 bits per heavy atom. The highest BCUT2D eigenvalue weighted by atomic mass is 16.3. The standard InChI is InChI=1S/C58H41NO/c1-58(42-19-3-2-4-20-42)52-26-11-9-22-47(52)48-34-33-44(37-53(48)58)59(43-31-29-39(30-32-43)46-24-13-18-38-15-7-8-21-45(38)46)54-27-12-10-23-49(54)50-25-14-28-55-57(50)51-35-40-16-5-6-17-41(40)36-56(51)60-55/h2-24,26-37,50H,25H2,1H3. The summed E-state index contributed by atoms with van der Waals surface area (Å²) in [4.78, 5) is 2.49. The van der Waals surface area contributed by atoms with Gasteiger partial charge in [-0.25, -0.2) is 0 Å². The zero-order chi connectivity index (χ0) is 39.8. The smallest absolute Gasteiger partial charge is 0.135 e. The zero-order valence-corrected chi connectivity index (χ0v) is 33.3. The Bertz CT molecular complexity index is 3310. The van der Waals surface area contributed by atoms with Crippen LogP contribution in [-0.2, 0) is 5.41 Å². The van der Waals surface area contributed by atoms with Crippen molar-refractivity contribution in [3.05, 3.63) is 240 Å². The summed E-state index contributed by atoms with van der Waals surface area (Å²) in [5, 5.41) is 6.11. The number of rotatable bonds is 6. The molecule has 2 unspecified atom stereocenters. The number of anilines is 3. The Kier molecular flexibility index (Phi) is 7.83. The van der Waals surface area contributed by atoms with Crippen molar-refractivity contribution in [2.45, 2.75) is 24.7 Å². The van der Waals surface area contributed by atoms with Gasteiger partial charge in [0, 0.05) is 39.3 Å². The van der Waals surface area contributed by atoms with E-state index < -0.39 is 0 Å². The number of hydrogen-bond donors (Lipinski definition) is 0. The molecule has 2 nitrogen and oxygen atoms in total. The second-order valence-corrected chi connectivity index (χ2v) is 16.5. The fourth-order valence-electron chi connectivity index (χ4n) is 10.4. The Hall–Kier alpha value is -7.42. The molecule has 60 heavy (non-hydrogen) atoms. The van der Waals surface area contributed by atoms with Crippen LogP contribution in [0, 0.1) is 0 Å². The van der Waals surface area contributed by atoms with Crippen molar-refractivity contribution in [1.82, 2.24) is 0 Å². The van der Waals surface area contributed by atoms with E-state index in [0.717, 1.165) is 34.8 Å². The van der Waals surface area contributed by atoms with Crippen molar-refractivity contribution >= 4 is 55.7 Å². The molecule has 2 aliphatic rings. The summed E-state index contributed by atoms with van der Waals surface area (Å²) in [6.45, 7) is 2.40. The summed E-state index contributed by atoms with van der Waals surface area (Å²) >= 11 is 0. The predicted molar refractivity (Wildman–Crippen MR) is 251 cm³/mol. The van der Waals surface area contributed by atoms with E-state index in [4.69, 9.17) is 4.42 Å². The molecule has 1 heterocycles. The Morgan fingerprint density at radius 1 is 0.517 bits per heavy atom. The second kappa shape index (κ2) is 13.6. The van der Waals surface area contributed by atoms with Crippen LogP contribution in [0.15, 0.2) is 211 Å². The first-order valence-electron chi connectivity index (χ1n) is 21.0. The van der Waals surface area contributed by atoms with Crippen LogP contribution >= 0.6 is 0 Å². The van der Waals surface area contributed by atoms with Gasteiger partial charge in [0.25, 0.3) is 0 Å². The quantitative estimate of drug-likeness (QED) is 0.168. The number of para-hydroxylation sites is 1. The normalized spacial score (nSPS) is 16.5. The van der Waals surface area contributed by atoms with E-state index in [1.54, 1.807) is 0 Å². The number of allylic oxidation sites excluding steroid dienone is 1. The second-order valence-electron chi connectivity index (χ2n) is 16.5. The van der Waals surface area contributed by atoms with Gasteiger partial charge in [-0.15, -0.1) is 0 Å². The first kappa shape index (κ1) is 34.6. The fourth-order valence-corrected chi connectivity index (χ4v) is 10.4. The van der Waals surface area contributed by atoms with Crippen molar-refractivity contribution < 1.29 is 4.42 Å². The molecule has 2 atom stereocenters. The molecular weight excluding hydrogens is 727 g/mol. The minimum Gasteiger partial charge on any atom is -0.456 e. The summed E-state index contributed by atoms with van der Waals surface area (Å²) in [6.07, 6.45) is 5.34. The van der Waals surface area contributed by atoms with Gasteiger partial charge in [-0.1, -0.05) is 164 Å². The van der Waals surface area contributed by atoms with Crippen LogP contribution < -0.4 is 4.90 Å². The molecule has 0 amide bonds. The molecule has 0 saturated heterocycles. The third-order valence-corrected chi connectivity index (χ3v) is 13.3. The summed E-state index contributed by atoms with van der Waals surface area (Å²) in [5.41, 5.74) is 15.5. The molecule has 10 aromatic rings. The van der Waals surface area contributed by atoms with Gasteiger partial charge in [-0.05, 0) is 128 Å². The van der Waals surface area contributed by atoms with E-state index >= 15 is 0 Å². The zero-order valence-electron chi connectivity index (χ0n) is 33.3. The molecule has 0 N–H and O–H groups in total. The van der Waals surface area contributed by atoms with E-state index in [2.05, 4.69) is 224 Å². The topological polar surface area (TPSA) is 16.4 Å². The molecule has 284 valence electrons. The molecule has 0 saturated carbocycles. The van der Waals surface area contributed by atoms with Gasteiger partial charge in [0.15, 0.2) is 0 Å². The molecule has 0 fully saturated rings. The minimum atomic E-state index is -0.325. The molecule has 12 rings (SSSR count). The van der Waals surface area contributed by atoms with Gasteiger partial charge < -0.3 is 9.32 Å². The first-order valence-corrected chi connectivity index (χ1v) is 21.0. The molecule has 9 aromatic carbocycles. The highest BCUT2D eigenvalue weighted by molar-refractivity contribution is 6.00. The van der Waals surface area contributed by atoms with Crippen LogP contribution in [0.1, 0.15) is 52.8 Å².